The molecule has 3 heterocycles. The Kier molecular flexibility index (Phi) is 6.07. The number of nitrogens with zero attached hydrogens (tertiary/aromatic N) is 5. The number of aryl methyl sites for hydroxylation is 1. The molecule has 0 saturated heterocycles. The highest BCUT2D eigenvalue weighted by Crippen LogP contribution is 2.33. The lowest BCUT2D eigenvalue weighted by atomic mass is 10.0. The zero-order chi connectivity index (χ0) is 28.1. The molecule has 1 aliphatic rings. The van der Waals surface area contributed by atoms with Crippen molar-refractivity contribution < 1.29 is 0 Å². The van der Waals surface area contributed by atoms with Gasteiger partial charge in [0.25, 0.3) is 5.56 Å². The second-order valence-electron chi connectivity index (χ2n) is 11.1. The molecule has 1 unspecified atom stereocenters. The van der Waals surface area contributed by atoms with E-state index < -0.39 is 0 Å². The summed E-state index contributed by atoms with van der Waals surface area (Å²) in [4.78, 5) is 34.6. The van der Waals surface area contributed by atoms with Gasteiger partial charge in [-0.3, -0.25) is 13.9 Å². The van der Waals surface area contributed by atoms with Crippen LogP contribution in [0.4, 0.5) is 11.6 Å². The molecule has 0 aliphatic carbocycles. The van der Waals surface area contributed by atoms with E-state index in [-0.39, 0.29) is 23.7 Å². The Morgan fingerprint density at radius 3 is 2.32 bits per heavy atom. The fraction of sp³-hybridized carbons (Fsp3) is 0.206. The first-order valence-electron chi connectivity index (χ1n) is 14.0. The fourth-order valence-electron chi connectivity index (χ4n) is 6.09. The third kappa shape index (κ3) is 4.34. The molecule has 7 heteroatoms. The number of hydrogen-bond acceptors (Lipinski definition) is 4. The topological polar surface area (TPSA) is 65.1 Å². The summed E-state index contributed by atoms with van der Waals surface area (Å²) in [7, 11) is 1.70. The van der Waals surface area contributed by atoms with Crippen molar-refractivity contribution in [2.24, 2.45) is 13.0 Å². The number of rotatable bonds is 5. The van der Waals surface area contributed by atoms with Crippen molar-refractivity contribution in [1.82, 2.24) is 18.7 Å². The molecule has 7 rings (SSSR count). The monoisotopic (exact) mass is 541 g/mol. The van der Waals surface area contributed by atoms with Crippen LogP contribution in [0.2, 0.25) is 0 Å². The highest BCUT2D eigenvalue weighted by atomic mass is 16.2. The van der Waals surface area contributed by atoms with Crippen LogP contribution in [-0.2, 0) is 26.6 Å². The van der Waals surface area contributed by atoms with Gasteiger partial charge in [0.1, 0.15) is 0 Å². The van der Waals surface area contributed by atoms with Crippen molar-refractivity contribution in [3.63, 3.8) is 0 Å². The fourth-order valence-corrected chi connectivity index (χ4v) is 6.09. The molecule has 0 bridgehead atoms. The van der Waals surface area contributed by atoms with Crippen LogP contribution in [0.15, 0.2) is 107 Å². The third-order valence-corrected chi connectivity index (χ3v) is 8.15. The molecule has 2 aromatic heterocycles. The van der Waals surface area contributed by atoms with Crippen molar-refractivity contribution in [1.29, 1.82) is 0 Å². The number of aromatic nitrogens is 4. The summed E-state index contributed by atoms with van der Waals surface area (Å²) in [5.74, 6) is 0.982. The molecule has 0 saturated carbocycles. The SMILES string of the molecule is CC1CN(c2ccc(Cc3ccccc3)cc2)c2nc3c(c(=O)n(Cc4cccc5ccccc45)c(=O)n3C)n2C1. The van der Waals surface area contributed by atoms with Crippen LogP contribution in [0, 0.1) is 5.92 Å². The largest absolute Gasteiger partial charge is 0.332 e. The van der Waals surface area contributed by atoms with Crippen LogP contribution in [-0.4, -0.2) is 25.2 Å². The molecule has 204 valence electrons. The molecule has 0 N–H and O–H groups in total. The molecule has 0 fully saturated rings. The molecule has 41 heavy (non-hydrogen) atoms. The van der Waals surface area contributed by atoms with Gasteiger partial charge in [-0.1, -0.05) is 91.9 Å². The smallest absolute Gasteiger partial charge is 0.312 e. The predicted octanol–water partition coefficient (Wildman–Crippen LogP) is 5.48. The van der Waals surface area contributed by atoms with Gasteiger partial charge in [-0.2, -0.15) is 4.98 Å². The highest BCUT2D eigenvalue weighted by Gasteiger charge is 2.30. The van der Waals surface area contributed by atoms with Gasteiger partial charge in [-0.25, -0.2) is 4.79 Å². The van der Waals surface area contributed by atoms with Gasteiger partial charge in [0.2, 0.25) is 5.95 Å². The summed E-state index contributed by atoms with van der Waals surface area (Å²) in [5.41, 5.74) is 4.68. The number of imidazole rings is 1. The Morgan fingerprint density at radius 1 is 0.805 bits per heavy atom. The molecular weight excluding hydrogens is 510 g/mol. The van der Waals surface area contributed by atoms with E-state index in [2.05, 4.69) is 60.4 Å². The van der Waals surface area contributed by atoms with Crippen molar-refractivity contribution in [3.8, 4) is 0 Å². The van der Waals surface area contributed by atoms with E-state index in [1.807, 2.05) is 53.1 Å². The van der Waals surface area contributed by atoms with E-state index in [0.717, 1.165) is 35.0 Å². The first-order chi connectivity index (χ1) is 20.0. The normalized spacial score (nSPS) is 15.0. The van der Waals surface area contributed by atoms with E-state index in [0.29, 0.717) is 23.7 Å². The van der Waals surface area contributed by atoms with Gasteiger partial charge in [-0.05, 0) is 51.9 Å². The minimum Gasteiger partial charge on any atom is -0.312 e. The molecule has 0 amide bonds. The van der Waals surface area contributed by atoms with Gasteiger partial charge in [0.15, 0.2) is 11.2 Å². The van der Waals surface area contributed by atoms with E-state index in [9.17, 15) is 9.59 Å². The van der Waals surface area contributed by atoms with E-state index >= 15 is 0 Å². The van der Waals surface area contributed by atoms with Crippen LogP contribution in [0.3, 0.4) is 0 Å². The summed E-state index contributed by atoms with van der Waals surface area (Å²) in [6, 6.07) is 33.0. The lowest BCUT2D eigenvalue weighted by molar-refractivity contribution is 0.458. The summed E-state index contributed by atoms with van der Waals surface area (Å²) in [5, 5.41) is 2.12. The second kappa shape index (κ2) is 9.93. The Labute approximate surface area is 237 Å². The average molecular weight is 542 g/mol. The molecule has 7 nitrogen and oxygen atoms in total. The predicted molar refractivity (Wildman–Crippen MR) is 164 cm³/mol. The van der Waals surface area contributed by atoms with Crippen LogP contribution < -0.4 is 16.1 Å². The molecule has 0 radical (unpaired) electrons. The first kappa shape index (κ1) is 25.1. The molecule has 1 atom stereocenters. The van der Waals surface area contributed by atoms with Gasteiger partial charge < -0.3 is 9.47 Å². The zero-order valence-corrected chi connectivity index (χ0v) is 23.2. The summed E-state index contributed by atoms with van der Waals surface area (Å²) >= 11 is 0. The molecule has 0 spiro atoms. The second-order valence-corrected chi connectivity index (χ2v) is 11.1. The first-order valence-corrected chi connectivity index (χ1v) is 14.0. The number of anilines is 2. The maximum absolute atomic E-state index is 14.0. The lowest BCUT2D eigenvalue weighted by Gasteiger charge is -2.33. The van der Waals surface area contributed by atoms with Gasteiger partial charge in [0, 0.05) is 25.8 Å². The van der Waals surface area contributed by atoms with E-state index in [1.54, 1.807) is 7.05 Å². The van der Waals surface area contributed by atoms with Gasteiger partial charge in [0.05, 0.1) is 6.54 Å². The Morgan fingerprint density at radius 2 is 1.51 bits per heavy atom. The number of benzene rings is 4. The standard InChI is InChI=1S/C34H31N5O2/c1-23-20-37(28-17-15-25(16-18-28)19-24-9-4-3-5-10-24)33-35-31-30(38(33)21-23)32(40)39(34(41)36(31)2)22-27-13-8-12-26-11-6-7-14-29(26)27/h3-18,23H,19-22H2,1-2H3. The third-order valence-electron chi connectivity index (χ3n) is 8.15. The average Bonchev–Trinajstić information content (AvgIpc) is 3.38. The van der Waals surface area contributed by atoms with Crippen molar-refractivity contribution in [2.45, 2.75) is 26.4 Å². The van der Waals surface area contributed by atoms with Crippen molar-refractivity contribution in [3.05, 3.63) is 135 Å². The lowest BCUT2D eigenvalue weighted by Crippen LogP contribution is -2.40. The maximum atomic E-state index is 14.0. The number of fused-ring (bicyclic) bond motifs is 4. The van der Waals surface area contributed by atoms with E-state index in [1.165, 1.54) is 20.3 Å². The minimum absolute atomic E-state index is 0.200. The van der Waals surface area contributed by atoms with E-state index in [4.69, 9.17) is 4.98 Å². The van der Waals surface area contributed by atoms with Crippen LogP contribution in [0.1, 0.15) is 23.6 Å². The Bertz CT molecular complexity index is 2010. The number of hydrogen-bond donors (Lipinski definition) is 0. The maximum Gasteiger partial charge on any atom is 0.332 e. The highest BCUT2D eigenvalue weighted by molar-refractivity contribution is 5.85. The quantitative estimate of drug-likeness (QED) is 0.290. The molecule has 1 aliphatic heterocycles. The summed E-state index contributed by atoms with van der Waals surface area (Å²) in [6.45, 7) is 3.82. The van der Waals surface area contributed by atoms with Crippen molar-refractivity contribution >= 4 is 33.6 Å². The minimum atomic E-state index is -0.365. The summed E-state index contributed by atoms with van der Waals surface area (Å²) in [6.07, 6.45) is 0.869. The Hall–Kier alpha value is -4.91. The van der Waals surface area contributed by atoms with Crippen molar-refractivity contribution in [2.75, 3.05) is 11.4 Å². The van der Waals surface area contributed by atoms with Gasteiger partial charge in [-0.15, -0.1) is 0 Å². The molecular formula is C34H31N5O2. The van der Waals surface area contributed by atoms with Crippen LogP contribution in [0.25, 0.3) is 21.9 Å². The van der Waals surface area contributed by atoms with Crippen LogP contribution in [0.5, 0.6) is 0 Å². The Balaban J connectivity index is 1.31. The molecule has 4 aromatic carbocycles. The van der Waals surface area contributed by atoms with Gasteiger partial charge >= 0.3 is 5.69 Å². The van der Waals surface area contributed by atoms with Crippen LogP contribution >= 0.6 is 0 Å². The zero-order valence-electron chi connectivity index (χ0n) is 23.2. The summed E-state index contributed by atoms with van der Waals surface area (Å²) < 4.78 is 4.86. The molecule has 6 aromatic rings.